The average molecular weight is 459 g/mol. The predicted octanol–water partition coefficient (Wildman–Crippen LogP) is 4.00. The summed E-state index contributed by atoms with van der Waals surface area (Å²) in [5.74, 6) is 0.133. The third kappa shape index (κ3) is 4.89. The van der Waals surface area contributed by atoms with E-state index in [0.717, 1.165) is 22.3 Å². The molecule has 174 valence electrons. The second-order valence-corrected chi connectivity index (χ2v) is 7.04. The number of fused-ring (bicyclic) bond motifs is 1. The van der Waals surface area contributed by atoms with E-state index in [0.29, 0.717) is 23.3 Å². The Kier molecular flexibility index (Phi) is 6.86. The Morgan fingerprint density at radius 2 is 1.94 bits per heavy atom. The van der Waals surface area contributed by atoms with Crippen molar-refractivity contribution in [2.24, 2.45) is 11.5 Å². The fourth-order valence-corrected chi connectivity index (χ4v) is 3.45. The van der Waals surface area contributed by atoms with Crippen molar-refractivity contribution < 1.29 is 17.9 Å². The molecule has 1 heterocycles. The lowest BCUT2D eigenvalue weighted by molar-refractivity contribution is -0.137. The Balaban J connectivity index is 2.14. The molecule has 0 bridgehead atoms. The smallest absolute Gasteiger partial charge is 0.416 e. The quantitative estimate of drug-likeness (QED) is 0.464. The minimum atomic E-state index is -4.57. The molecular weight excluding hydrogens is 435 g/mol. The minimum absolute atomic E-state index is 0.0145. The number of hydrogen-bond acceptors (Lipinski definition) is 5. The number of alkyl halides is 3. The van der Waals surface area contributed by atoms with Crippen LogP contribution in [0.1, 0.15) is 12.5 Å². The highest BCUT2D eigenvalue weighted by Gasteiger charge is 2.31. The number of allylic oxidation sites excluding steroid dienone is 1. The Hall–Kier alpha value is -4.08. The molecule has 0 unspecified atom stereocenters. The molecule has 0 aliphatic carbocycles. The predicted molar refractivity (Wildman–Crippen MR) is 123 cm³/mol. The molecule has 0 amide bonds. The first-order valence-corrected chi connectivity index (χ1v) is 9.92. The highest BCUT2D eigenvalue weighted by molar-refractivity contribution is 5.82. The molecule has 0 spiro atoms. The van der Waals surface area contributed by atoms with Crippen LogP contribution in [0.2, 0.25) is 0 Å². The fraction of sp³-hybridized carbons (Fsp3) is 0.174. The summed E-state index contributed by atoms with van der Waals surface area (Å²) in [5.41, 5.74) is 12.1. The molecule has 0 radical (unpaired) electrons. The van der Waals surface area contributed by atoms with Crippen molar-refractivity contribution in [1.29, 1.82) is 0 Å². The van der Waals surface area contributed by atoms with Crippen LogP contribution in [0.15, 0.2) is 77.5 Å². The first-order chi connectivity index (χ1) is 15.7. The van der Waals surface area contributed by atoms with E-state index in [1.165, 1.54) is 25.6 Å². The number of nitrogens with zero attached hydrogens (tertiary/aromatic N) is 2. The van der Waals surface area contributed by atoms with E-state index in [4.69, 9.17) is 16.2 Å². The normalized spacial score (nSPS) is 12.8. The Labute approximate surface area is 188 Å². The molecule has 0 aliphatic heterocycles. The van der Waals surface area contributed by atoms with Gasteiger partial charge in [0.15, 0.2) is 0 Å². The highest BCUT2D eigenvalue weighted by atomic mass is 19.4. The van der Waals surface area contributed by atoms with E-state index in [2.05, 4.69) is 4.98 Å². The number of benzene rings is 2. The Morgan fingerprint density at radius 1 is 1.18 bits per heavy atom. The first-order valence-electron chi connectivity index (χ1n) is 9.92. The standard InChI is InChI=1S/C23H24F3N5O2/c1-3-15(8-9-27)14-30(11-10-28)17-5-6-19-18(13-17)29-22(32)31(19)20-12-16(23(24,25)26)4-7-21(20)33-2/h3-13H,14,27-28H2,1-2H3,(H,29,32)/b9-8-,11-10-,15-3+. The Morgan fingerprint density at radius 3 is 2.55 bits per heavy atom. The van der Waals surface area contributed by atoms with Crippen molar-refractivity contribution in [3.63, 3.8) is 0 Å². The molecule has 3 rings (SSSR count). The van der Waals surface area contributed by atoms with E-state index in [9.17, 15) is 18.0 Å². The topological polar surface area (TPSA) is 102 Å². The van der Waals surface area contributed by atoms with E-state index >= 15 is 0 Å². The van der Waals surface area contributed by atoms with Gasteiger partial charge in [0, 0.05) is 24.6 Å². The second kappa shape index (κ2) is 9.60. The number of methoxy groups -OCH3 is 1. The number of aromatic amines is 1. The van der Waals surface area contributed by atoms with E-state index < -0.39 is 17.4 Å². The first kappa shape index (κ1) is 23.6. The zero-order valence-corrected chi connectivity index (χ0v) is 18.1. The number of halogens is 3. The number of nitrogens with one attached hydrogen (secondary N) is 1. The number of aromatic nitrogens is 2. The van der Waals surface area contributed by atoms with E-state index in [1.807, 2.05) is 17.9 Å². The van der Waals surface area contributed by atoms with Crippen molar-refractivity contribution in [3.8, 4) is 11.4 Å². The van der Waals surface area contributed by atoms with Crippen molar-refractivity contribution in [3.05, 3.63) is 88.8 Å². The summed E-state index contributed by atoms with van der Waals surface area (Å²) in [7, 11) is 1.33. The van der Waals surface area contributed by atoms with Gasteiger partial charge in [0.2, 0.25) is 0 Å². The van der Waals surface area contributed by atoms with Gasteiger partial charge in [-0.25, -0.2) is 4.79 Å². The Bertz CT molecular complexity index is 1290. The number of imidazole rings is 1. The van der Waals surface area contributed by atoms with Crippen molar-refractivity contribution >= 4 is 16.7 Å². The molecule has 2 aromatic carbocycles. The molecule has 0 aliphatic rings. The summed E-state index contributed by atoms with van der Waals surface area (Å²) < 4.78 is 46.2. The fourth-order valence-electron chi connectivity index (χ4n) is 3.45. The van der Waals surface area contributed by atoms with Gasteiger partial charge >= 0.3 is 11.9 Å². The van der Waals surface area contributed by atoms with Crippen LogP contribution in [0, 0.1) is 0 Å². The maximum atomic E-state index is 13.3. The van der Waals surface area contributed by atoms with Gasteiger partial charge in [0.1, 0.15) is 5.75 Å². The van der Waals surface area contributed by atoms with Gasteiger partial charge in [-0.1, -0.05) is 6.08 Å². The van der Waals surface area contributed by atoms with Crippen LogP contribution in [0.25, 0.3) is 16.7 Å². The zero-order valence-electron chi connectivity index (χ0n) is 18.1. The summed E-state index contributed by atoms with van der Waals surface area (Å²) in [6, 6.07) is 8.09. The zero-order chi connectivity index (χ0) is 24.2. The van der Waals surface area contributed by atoms with Crippen molar-refractivity contribution in [2.45, 2.75) is 13.1 Å². The molecular formula is C23H24F3N5O2. The number of rotatable bonds is 7. The molecule has 10 heteroatoms. The van der Waals surface area contributed by atoms with Gasteiger partial charge in [-0.3, -0.25) is 4.57 Å². The van der Waals surface area contributed by atoms with Gasteiger partial charge in [0.05, 0.1) is 29.4 Å². The average Bonchev–Trinajstić information content (AvgIpc) is 3.11. The van der Waals surface area contributed by atoms with Crippen LogP contribution in [0.3, 0.4) is 0 Å². The minimum Gasteiger partial charge on any atom is -0.495 e. The van der Waals surface area contributed by atoms with E-state index in [1.54, 1.807) is 30.5 Å². The van der Waals surface area contributed by atoms with Gasteiger partial charge in [-0.05, 0) is 61.2 Å². The molecule has 0 saturated carbocycles. The number of ether oxygens (including phenoxy) is 1. The lowest BCUT2D eigenvalue weighted by Gasteiger charge is -2.21. The van der Waals surface area contributed by atoms with Gasteiger partial charge in [-0.2, -0.15) is 13.2 Å². The second-order valence-electron chi connectivity index (χ2n) is 7.04. The van der Waals surface area contributed by atoms with Crippen LogP contribution in [-0.4, -0.2) is 23.2 Å². The molecule has 5 N–H and O–H groups in total. The molecule has 0 saturated heterocycles. The van der Waals surface area contributed by atoms with Gasteiger partial charge < -0.3 is 26.1 Å². The monoisotopic (exact) mass is 459 g/mol. The molecule has 1 aromatic heterocycles. The van der Waals surface area contributed by atoms with Crippen molar-refractivity contribution in [1.82, 2.24) is 9.55 Å². The van der Waals surface area contributed by atoms with Crippen molar-refractivity contribution in [2.75, 3.05) is 18.6 Å². The van der Waals surface area contributed by atoms with Crippen LogP contribution >= 0.6 is 0 Å². The summed E-state index contributed by atoms with van der Waals surface area (Å²) >= 11 is 0. The summed E-state index contributed by atoms with van der Waals surface area (Å²) in [5, 5.41) is 0. The van der Waals surface area contributed by atoms with Crippen LogP contribution in [0.5, 0.6) is 5.75 Å². The SMILES string of the molecule is C/C=C(\C=C/N)CN(/C=C\N)c1ccc2c(c1)[nH]c(=O)n2-c1cc(C(F)(F)F)ccc1OC. The summed E-state index contributed by atoms with van der Waals surface area (Å²) in [6.07, 6.45) is 3.57. The molecule has 7 nitrogen and oxygen atoms in total. The van der Waals surface area contributed by atoms with E-state index in [-0.39, 0.29) is 11.4 Å². The summed E-state index contributed by atoms with van der Waals surface area (Å²) in [4.78, 5) is 17.3. The van der Waals surface area contributed by atoms with Gasteiger partial charge in [0.25, 0.3) is 0 Å². The lowest BCUT2D eigenvalue weighted by atomic mass is 10.1. The maximum absolute atomic E-state index is 13.3. The van der Waals surface area contributed by atoms with Gasteiger partial charge in [-0.15, -0.1) is 0 Å². The number of anilines is 1. The van der Waals surface area contributed by atoms with Crippen LogP contribution in [-0.2, 0) is 6.18 Å². The van der Waals surface area contributed by atoms with Crippen LogP contribution < -0.4 is 26.8 Å². The lowest BCUT2D eigenvalue weighted by Crippen LogP contribution is -2.19. The number of hydrogen-bond donors (Lipinski definition) is 3. The number of H-pyrrole nitrogens is 1. The third-order valence-electron chi connectivity index (χ3n) is 5.04. The van der Waals surface area contributed by atoms with Crippen LogP contribution in [0.4, 0.5) is 18.9 Å². The largest absolute Gasteiger partial charge is 0.495 e. The molecule has 0 fully saturated rings. The molecule has 0 atom stereocenters. The maximum Gasteiger partial charge on any atom is 0.416 e. The molecule has 3 aromatic rings. The third-order valence-corrected chi connectivity index (χ3v) is 5.04. The highest BCUT2D eigenvalue weighted by Crippen LogP contribution is 2.35. The molecule has 33 heavy (non-hydrogen) atoms. The number of nitrogens with two attached hydrogens (primary N) is 2. The summed E-state index contributed by atoms with van der Waals surface area (Å²) in [6.45, 7) is 2.33.